The van der Waals surface area contributed by atoms with E-state index >= 15 is 0 Å². The summed E-state index contributed by atoms with van der Waals surface area (Å²) in [6.07, 6.45) is 21.4. The van der Waals surface area contributed by atoms with Gasteiger partial charge in [-0.1, -0.05) is 49.3 Å². The van der Waals surface area contributed by atoms with Crippen LogP contribution < -0.4 is 9.47 Å². The van der Waals surface area contributed by atoms with E-state index in [2.05, 4.69) is 43.3 Å². The molecule has 5 rings (SSSR count). The Balaban J connectivity index is 1.08. The van der Waals surface area contributed by atoms with Gasteiger partial charge in [0.1, 0.15) is 6.61 Å². The van der Waals surface area contributed by atoms with Gasteiger partial charge in [-0.15, -0.1) is 0 Å². The molecule has 0 aromatic heterocycles. The average Bonchev–Trinajstić information content (AvgIpc) is 2.99. The fourth-order valence-corrected chi connectivity index (χ4v) is 8.04. The predicted octanol–water partition coefficient (Wildman–Crippen LogP) is 10.4. The van der Waals surface area contributed by atoms with E-state index in [1.807, 2.05) is 0 Å². The molecule has 4 atom stereocenters. The van der Waals surface area contributed by atoms with Crippen LogP contribution >= 0.6 is 0 Å². The Labute approximate surface area is 240 Å². The number of rotatable bonds is 10. The number of hydrogen-bond acceptors (Lipinski definition) is 2. The van der Waals surface area contributed by atoms with E-state index in [9.17, 15) is 8.78 Å². The van der Waals surface area contributed by atoms with E-state index in [1.165, 1.54) is 94.7 Å². The number of hydrogen-bond donors (Lipinski definition) is 0. The molecule has 3 aliphatic carbocycles. The molecule has 0 amide bonds. The molecule has 2 aromatic rings. The second-order valence-electron chi connectivity index (χ2n) is 12.7. The Kier molecular flexibility index (Phi) is 10.2. The molecule has 218 valence electrons. The highest BCUT2D eigenvalue weighted by Crippen LogP contribution is 2.51. The summed E-state index contributed by atoms with van der Waals surface area (Å²) in [5.41, 5.74) is 2.38. The summed E-state index contributed by atoms with van der Waals surface area (Å²) >= 11 is 0. The first-order valence-corrected chi connectivity index (χ1v) is 16.0. The lowest BCUT2D eigenvalue weighted by Crippen LogP contribution is -2.34. The molecule has 3 saturated carbocycles. The van der Waals surface area contributed by atoms with E-state index in [0.717, 1.165) is 35.2 Å². The van der Waals surface area contributed by atoms with Gasteiger partial charge in [-0.2, -0.15) is 8.78 Å². The standard InChI is InChI=1S/C36H48F2O2/c1-3-5-6-7-25-8-12-27(13-9-25)29-16-18-32-23-30(17-19-31(32)22-29)28-14-10-26(11-15-28)24-40-34-21-20-33(39-4-2)35(37)36(34)38/h3,5,10-11,14-15,20-21,25,27,29-32H,4,6-9,12-13,16-19,22-24H2,1-2H3. The zero-order chi connectivity index (χ0) is 27.9. The van der Waals surface area contributed by atoms with Crippen LogP contribution in [0.3, 0.4) is 0 Å². The van der Waals surface area contributed by atoms with Crippen molar-refractivity contribution < 1.29 is 18.3 Å². The maximum absolute atomic E-state index is 14.3. The van der Waals surface area contributed by atoms with Gasteiger partial charge in [0, 0.05) is 0 Å². The predicted molar refractivity (Wildman–Crippen MR) is 159 cm³/mol. The monoisotopic (exact) mass is 550 g/mol. The quantitative estimate of drug-likeness (QED) is 0.274. The Morgan fingerprint density at radius 2 is 1.32 bits per heavy atom. The summed E-state index contributed by atoms with van der Waals surface area (Å²) in [5.74, 6) is 3.21. The minimum Gasteiger partial charge on any atom is -0.491 e. The van der Waals surface area contributed by atoms with Gasteiger partial charge in [-0.05, 0) is 137 Å². The fourth-order valence-electron chi connectivity index (χ4n) is 8.04. The molecule has 3 fully saturated rings. The number of benzene rings is 2. The number of allylic oxidation sites excluding steroid dienone is 2. The van der Waals surface area contributed by atoms with Crippen molar-refractivity contribution in [2.45, 2.75) is 103 Å². The molecule has 40 heavy (non-hydrogen) atoms. The van der Waals surface area contributed by atoms with Crippen LogP contribution in [0.5, 0.6) is 11.5 Å². The van der Waals surface area contributed by atoms with Crippen molar-refractivity contribution in [3.05, 3.63) is 71.3 Å². The summed E-state index contributed by atoms with van der Waals surface area (Å²) in [5, 5.41) is 0. The van der Waals surface area contributed by atoms with E-state index < -0.39 is 11.6 Å². The molecule has 2 nitrogen and oxygen atoms in total. The molecular formula is C36H48F2O2. The molecule has 0 radical (unpaired) electrons. The molecule has 4 unspecified atom stereocenters. The van der Waals surface area contributed by atoms with Gasteiger partial charge in [0.15, 0.2) is 11.5 Å². The van der Waals surface area contributed by atoms with Gasteiger partial charge in [-0.3, -0.25) is 0 Å². The third-order valence-electron chi connectivity index (χ3n) is 10.3. The van der Waals surface area contributed by atoms with Crippen molar-refractivity contribution >= 4 is 0 Å². The van der Waals surface area contributed by atoms with E-state index in [1.54, 1.807) is 6.92 Å². The van der Waals surface area contributed by atoms with Crippen LogP contribution in [0.4, 0.5) is 8.78 Å². The Morgan fingerprint density at radius 1 is 0.725 bits per heavy atom. The molecule has 0 aliphatic heterocycles. The van der Waals surface area contributed by atoms with Crippen LogP contribution in [0.25, 0.3) is 0 Å². The fraction of sp³-hybridized carbons (Fsp3) is 0.611. The van der Waals surface area contributed by atoms with Gasteiger partial charge in [-0.25, -0.2) is 0 Å². The molecule has 3 aliphatic rings. The van der Waals surface area contributed by atoms with Gasteiger partial charge < -0.3 is 9.47 Å². The molecule has 0 N–H and O–H groups in total. The molecule has 0 bridgehead atoms. The highest BCUT2D eigenvalue weighted by molar-refractivity contribution is 5.35. The van der Waals surface area contributed by atoms with Crippen molar-refractivity contribution in [1.82, 2.24) is 0 Å². The molecule has 4 heteroatoms. The summed E-state index contributed by atoms with van der Waals surface area (Å²) in [7, 11) is 0. The summed E-state index contributed by atoms with van der Waals surface area (Å²) in [4.78, 5) is 0. The summed E-state index contributed by atoms with van der Waals surface area (Å²) in [6, 6.07) is 11.5. The second-order valence-corrected chi connectivity index (χ2v) is 12.7. The number of ether oxygens (including phenoxy) is 2. The largest absolute Gasteiger partial charge is 0.491 e. The van der Waals surface area contributed by atoms with Crippen LogP contribution in [-0.4, -0.2) is 6.61 Å². The molecule has 0 saturated heterocycles. The van der Waals surface area contributed by atoms with Crippen LogP contribution in [0.1, 0.15) is 108 Å². The summed E-state index contributed by atoms with van der Waals surface area (Å²) < 4.78 is 39.2. The average molecular weight is 551 g/mol. The van der Waals surface area contributed by atoms with E-state index in [-0.39, 0.29) is 24.7 Å². The minimum absolute atomic E-state index is 0.0850. The van der Waals surface area contributed by atoms with Crippen molar-refractivity contribution in [2.24, 2.45) is 29.6 Å². The maximum Gasteiger partial charge on any atom is 0.204 e. The summed E-state index contributed by atoms with van der Waals surface area (Å²) in [6.45, 7) is 4.36. The lowest BCUT2D eigenvalue weighted by Gasteiger charge is -2.45. The van der Waals surface area contributed by atoms with Crippen molar-refractivity contribution in [3.8, 4) is 11.5 Å². The minimum atomic E-state index is -0.998. The van der Waals surface area contributed by atoms with Crippen LogP contribution in [0, 0.1) is 41.2 Å². The van der Waals surface area contributed by atoms with Crippen molar-refractivity contribution in [2.75, 3.05) is 6.61 Å². The molecular weight excluding hydrogens is 502 g/mol. The second kappa shape index (κ2) is 14.0. The molecule has 0 heterocycles. The SMILES string of the molecule is CC=CCCC1CCC(C2CCC3CC(c4ccc(COc5ccc(OCC)c(F)c5F)cc4)CCC3C2)CC1. The van der Waals surface area contributed by atoms with E-state index in [0.29, 0.717) is 5.92 Å². The Morgan fingerprint density at radius 3 is 2.00 bits per heavy atom. The molecule has 2 aromatic carbocycles. The smallest absolute Gasteiger partial charge is 0.204 e. The van der Waals surface area contributed by atoms with Gasteiger partial charge in [0.25, 0.3) is 0 Å². The first-order valence-electron chi connectivity index (χ1n) is 16.0. The van der Waals surface area contributed by atoms with Crippen molar-refractivity contribution in [3.63, 3.8) is 0 Å². The van der Waals surface area contributed by atoms with Gasteiger partial charge >= 0.3 is 0 Å². The number of halogens is 2. The zero-order valence-corrected chi connectivity index (χ0v) is 24.6. The van der Waals surface area contributed by atoms with Crippen LogP contribution in [0.15, 0.2) is 48.6 Å². The zero-order valence-electron chi connectivity index (χ0n) is 24.6. The topological polar surface area (TPSA) is 18.5 Å². The van der Waals surface area contributed by atoms with Crippen LogP contribution in [0.2, 0.25) is 0 Å². The first-order chi connectivity index (χ1) is 19.6. The lowest BCUT2D eigenvalue weighted by atomic mass is 9.60. The molecule has 0 spiro atoms. The highest BCUT2D eigenvalue weighted by Gasteiger charge is 2.39. The van der Waals surface area contributed by atoms with Crippen molar-refractivity contribution in [1.29, 1.82) is 0 Å². The third-order valence-corrected chi connectivity index (χ3v) is 10.3. The lowest BCUT2D eigenvalue weighted by molar-refractivity contribution is 0.0713. The van der Waals surface area contributed by atoms with Gasteiger partial charge in [0.05, 0.1) is 6.61 Å². The first kappa shape index (κ1) is 29.1. The third kappa shape index (κ3) is 7.09. The van der Waals surface area contributed by atoms with E-state index in [4.69, 9.17) is 9.47 Å². The Hall–Kier alpha value is -2.36. The Bertz CT molecular complexity index is 1100. The van der Waals surface area contributed by atoms with Gasteiger partial charge in [0.2, 0.25) is 11.6 Å². The maximum atomic E-state index is 14.3. The van der Waals surface area contributed by atoms with Crippen LogP contribution in [-0.2, 0) is 6.61 Å². The normalized spacial score (nSPS) is 28.8. The number of fused-ring (bicyclic) bond motifs is 1. The highest BCUT2D eigenvalue weighted by atomic mass is 19.2.